The summed E-state index contributed by atoms with van der Waals surface area (Å²) in [4.78, 5) is 27.7. The fourth-order valence-electron chi connectivity index (χ4n) is 2.57. The molecule has 0 spiro atoms. The summed E-state index contributed by atoms with van der Waals surface area (Å²) in [5.41, 5.74) is 3.05. The van der Waals surface area contributed by atoms with Crippen LogP contribution in [0.1, 0.15) is 29.8 Å². The minimum absolute atomic E-state index is 0.0273. The van der Waals surface area contributed by atoms with E-state index in [0.29, 0.717) is 18.7 Å². The fourth-order valence-corrected chi connectivity index (χ4v) is 2.57. The summed E-state index contributed by atoms with van der Waals surface area (Å²) >= 11 is 0. The molecule has 7 heteroatoms. The SMILES string of the molecule is Cc1nc2cc(=O)[nH]n2c(C)c1CNC(=O)CNCC1CC1. The molecular formula is C15H21N5O2. The average molecular weight is 303 g/mol. The number of hydrogen-bond acceptors (Lipinski definition) is 4. The highest BCUT2D eigenvalue weighted by molar-refractivity contribution is 5.78. The molecule has 1 saturated carbocycles. The Labute approximate surface area is 128 Å². The fraction of sp³-hybridized carbons (Fsp3) is 0.533. The Morgan fingerprint density at radius 3 is 2.95 bits per heavy atom. The lowest BCUT2D eigenvalue weighted by atomic mass is 10.1. The van der Waals surface area contributed by atoms with Gasteiger partial charge in [0, 0.05) is 29.6 Å². The van der Waals surface area contributed by atoms with Gasteiger partial charge in [0.25, 0.3) is 5.56 Å². The smallest absolute Gasteiger partial charge is 0.266 e. The molecule has 2 heterocycles. The van der Waals surface area contributed by atoms with Gasteiger partial charge in [-0.15, -0.1) is 0 Å². The van der Waals surface area contributed by atoms with Gasteiger partial charge in [-0.25, -0.2) is 9.50 Å². The lowest BCUT2D eigenvalue weighted by Crippen LogP contribution is -2.34. The second-order valence-corrected chi connectivity index (χ2v) is 5.93. The van der Waals surface area contributed by atoms with E-state index in [-0.39, 0.29) is 11.5 Å². The van der Waals surface area contributed by atoms with E-state index in [4.69, 9.17) is 0 Å². The van der Waals surface area contributed by atoms with E-state index in [1.54, 1.807) is 4.52 Å². The predicted molar refractivity (Wildman–Crippen MR) is 82.7 cm³/mol. The summed E-state index contributed by atoms with van der Waals surface area (Å²) in [5, 5.41) is 8.77. The summed E-state index contributed by atoms with van der Waals surface area (Å²) in [7, 11) is 0. The van der Waals surface area contributed by atoms with Gasteiger partial charge in [0.15, 0.2) is 5.65 Å². The Morgan fingerprint density at radius 2 is 2.23 bits per heavy atom. The number of carbonyl (C=O) groups excluding carboxylic acids is 1. The van der Waals surface area contributed by atoms with Crippen molar-refractivity contribution in [3.05, 3.63) is 33.4 Å². The van der Waals surface area contributed by atoms with Crippen LogP contribution < -0.4 is 16.2 Å². The predicted octanol–water partition coefficient (Wildman–Crippen LogP) is 0.255. The number of aryl methyl sites for hydroxylation is 2. The number of nitrogens with zero attached hydrogens (tertiary/aromatic N) is 2. The summed E-state index contributed by atoms with van der Waals surface area (Å²) < 4.78 is 1.65. The first-order chi connectivity index (χ1) is 10.5. The third kappa shape index (κ3) is 3.19. The Kier molecular flexibility index (Phi) is 3.98. The number of aromatic amines is 1. The van der Waals surface area contributed by atoms with Crippen molar-refractivity contribution in [3.63, 3.8) is 0 Å². The van der Waals surface area contributed by atoms with E-state index in [0.717, 1.165) is 29.4 Å². The maximum atomic E-state index is 11.8. The standard InChI is InChI=1S/C15H21N5O2/c1-9-12(7-17-15(22)8-16-6-11-3-4-11)10(2)20-13(18-9)5-14(21)19-20/h5,11,16H,3-4,6-8H2,1-2H3,(H,17,22)(H,19,21). The number of H-pyrrole nitrogens is 1. The van der Waals surface area contributed by atoms with Crippen molar-refractivity contribution in [1.29, 1.82) is 0 Å². The number of rotatable bonds is 6. The van der Waals surface area contributed by atoms with Crippen LogP contribution in [0.25, 0.3) is 5.65 Å². The maximum Gasteiger partial charge on any atom is 0.266 e. The first kappa shape index (κ1) is 14.8. The second kappa shape index (κ2) is 5.92. The van der Waals surface area contributed by atoms with E-state index in [1.165, 1.54) is 18.9 Å². The van der Waals surface area contributed by atoms with Crippen LogP contribution in [0.5, 0.6) is 0 Å². The summed E-state index contributed by atoms with van der Waals surface area (Å²) in [6.07, 6.45) is 2.54. The number of carbonyl (C=O) groups is 1. The van der Waals surface area contributed by atoms with Crippen LogP contribution in [0.4, 0.5) is 0 Å². The quantitative estimate of drug-likeness (QED) is 0.713. The summed E-state index contributed by atoms with van der Waals surface area (Å²) in [6.45, 7) is 5.46. The van der Waals surface area contributed by atoms with Crippen LogP contribution >= 0.6 is 0 Å². The van der Waals surface area contributed by atoms with Crippen molar-refractivity contribution >= 4 is 11.6 Å². The van der Waals surface area contributed by atoms with Crippen molar-refractivity contribution in [1.82, 2.24) is 25.2 Å². The number of fused-ring (bicyclic) bond motifs is 1. The molecule has 1 aliphatic rings. The van der Waals surface area contributed by atoms with Gasteiger partial charge in [-0.3, -0.25) is 14.7 Å². The monoisotopic (exact) mass is 303 g/mol. The van der Waals surface area contributed by atoms with Crippen molar-refractivity contribution in [3.8, 4) is 0 Å². The van der Waals surface area contributed by atoms with Gasteiger partial charge < -0.3 is 10.6 Å². The molecule has 22 heavy (non-hydrogen) atoms. The molecule has 0 aliphatic heterocycles. The minimum Gasteiger partial charge on any atom is -0.351 e. The van der Waals surface area contributed by atoms with Gasteiger partial charge >= 0.3 is 0 Å². The van der Waals surface area contributed by atoms with Gasteiger partial charge in [-0.05, 0) is 39.2 Å². The summed E-state index contributed by atoms with van der Waals surface area (Å²) in [6, 6.07) is 1.46. The van der Waals surface area contributed by atoms with Crippen molar-refractivity contribution < 1.29 is 4.79 Å². The largest absolute Gasteiger partial charge is 0.351 e. The zero-order valence-corrected chi connectivity index (χ0v) is 12.9. The molecule has 0 radical (unpaired) electrons. The normalized spacial score (nSPS) is 14.5. The topological polar surface area (TPSA) is 91.3 Å². The average Bonchev–Trinajstić information content (AvgIpc) is 3.20. The zero-order chi connectivity index (χ0) is 15.7. The molecule has 118 valence electrons. The molecule has 7 nitrogen and oxygen atoms in total. The van der Waals surface area contributed by atoms with Crippen LogP contribution in [0.3, 0.4) is 0 Å². The van der Waals surface area contributed by atoms with Gasteiger partial charge in [0.2, 0.25) is 5.91 Å². The molecule has 0 aromatic carbocycles. The lowest BCUT2D eigenvalue weighted by molar-refractivity contribution is -0.120. The van der Waals surface area contributed by atoms with Gasteiger partial charge in [0.05, 0.1) is 6.54 Å². The molecule has 3 rings (SSSR count). The van der Waals surface area contributed by atoms with E-state index in [2.05, 4.69) is 20.7 Å². The third-order valence-electron chi connectivity index (χ3n) is 4.08. The maximum absolute atomic E-state index is 11.8. The molecule has 2 aromatic heterocycles. The minimum atomic E-state index is -0.180. The van der Waals surface area contributed by atoms with Crippen molar-refractivity contribution in [2.24, 2.45) is 5.92 Å². The molecule has 1 fully saturated rings. The molecule has 1 amide bonds. The van der Waals surface area contributed by atoms with Gasteiger partial charge in [-0.1, -0.05) is 0 Å². The Hall–Kier alpha value is -2.15. The second-order valence-electron chi connectivity index (χ2n) is 5.93. The molecule has 2 aromatic rings. The van der Waals surface area contributed by atoms with Crippen LogP contribution in [0.2, 0.25) is 0 Å². The number of hydrogen-bond donors (Lipinski definition) is 3. The van der Waals surface area contributed by atoms with Crippen molar-refractivity contribution in [2.45, 2.75) is 33.2 Å². The molecule has 1 aliphatic carbocycles. The molecule has 0 unspecified atom stereocenters. The number of nitrogens with one attached hydrogen (secondary N) is 3. The van der Waals surface area contributed by atoms with Gasteiger partial charge in [0.1, 0.15) is 0 Å². The molecule has 0 atom stereocenters. The van der Waals surface area contributed by atoms with Gasteiger partial charge in [-0.2, -0.15) is 0 Å². The van der Waals surface area contributed by atoms with Crippen LogP contribution in [-0.2, 0) is 11.3 Å². The van der Waals surface area contributed by atoms with E-state index >= 15 is 0 Å². The highest BCUT2D eigenvalue weighted by atomic mass is 16.2. The summed E-state index contributed by atoms with van der Waals surface area (Å²) in [5.74, 6) is 0.731. The van der Waals surface area contributed by atoms with Crippen LogP contribution in [0.15, 0.2) is 10.9 Å². The van der Waals surface area contributed by atoms with E-state index in [1.807, 2.05) is 13.8 Å². The number of aromatic nitrogens is 3. The first-order valence-corrected chi connectivity index (χ1v) is 7.60. The molecule has 0 saturated heterocycles. The van der Waals surface area contributed by atoms with Crippen molar-refractivity contribution in [2.75, 3.05) is 13.1 Å². The zero-order valence-electron chi connectivity index (χ0n) is 12.9. The Morgan fingerprint density at radius 1 is 1.45 bits per heavy atom. The Bertz CT molecular complexity index is 757. The highest BCUT2D eigenvalue weighted by Crippen LogP contribution is 2.27. The first-order valence-electron chi connectivity index (χ1n) is 7.60. The van der Waals surface area contributed by atoms with E-state index in [9.17, 15) is 9.59 Å². The molecular weight excluding hydrogens is 282 g/mol. The third-order valence-corrected chi connectivity index (χ3v) is 4.08. The molecule has 0 bridgehead atoms. The molecule has 3 N–H and O–H groups in total. The lowest BCUT2D eigenvalue weighted by Gasteiger charge is -2.12. The number of amides is 1. The van der Waals surface area contributed by atoms with Crippen LogP contribution in [0, 0.1) is 19.8 Å². The van der Waals surface area contributed by atoms with Crippen LogP contribution in [-0.4, -0.2) is 33.6 Å². The highest BCUT2D eigenvalue weighted by Gasteiger charge is 2.20. The van der Waals surface area contributed by atoms with E-state index < -0.39 is 0 Å². The Balaban J connectivity index is 1.64.